The van der Waals surface area contributed by atoms with Crippen LogP contribution in [0.5, 0.6) is 0 Å². The van der Waals surface area contributed by atoms with Crippen LogP contribution in [0.4, 0.5) is 0 Å². The minimum absolute atomic E-state index is 0.131. The van der Waals surface area contributed by atoms with Crippen LogP contribution in [-0.4, -0.2) is 5.16 Å². The molecule has 0 aliphatic carbocycles. The number of benzene rings is 1. The summed E-state index contributed by atoms with van der Waals surface area (Å²) in [5.41, 5.74) is 0.955. The Morgan fingerprint density at radius 1 is 1.33 bits per heavy atom. The smallest absolute Gasteiger partial charge is 0.374 e. The molecule has 1 aromatic carbocycles. The van der Waals surface area contributed by atoms with Gasteiger partial charge in [-0.25, -0.2) is 4.79 Å². The maximum Gasteiger partial charge on any atom is 0.542 e. The average Bonchev–Trinajstić information content (AvgIpc) is 2.65. The lowest BCUT2D eigenvalue weighted by atomic mass is 10.0. The van der Waals surface area contributed by atoms with Gasteiger partial charge in [0.2, 0.25) is 5.89 Å². The molecule has 0 radical (unpaired) electrons. The van der Waals surface area contributed by atoms with Gasteiger partial charge in [-0.2, -0.15) is 0 Å². The Kier molecular flexibility index (Phi) is 2.60. The minimum atomic E-state index is -0.786. The molecule has 4 nitrogen and oxygen atoms in total. The van der Waals surface area contributed by atoms with Crippen LogP contribution < -0.4 is 5.82 Å². The van der Waals surface area contributed by atoms with Crippen LogP contribution in [0.2, 0.25) is 5.02 Å². The Hall–Kier alpha value is -1.55. The van der Waals surface area contributed by atoms with Crippen molar-refractivity contribution < 1.29 is 8.94 Å². The molecule has 0 bridgehead atoms. The van der Waals surface area contributed by atoms with Crippen molar-refractivity contribution in [2.75, 3.05) is 0 Å². The second-order valence-electron chi connectivity index (χ2n) is 3.15. The third-order valence-electron chi connectivity index (χ3n) is 2.14. The van der Waals surface area contributed by atoms with Gasteiger partial charge in [0, 0.05) is 5.02 Å². The van der Waals surface area contributed by atoms with E-state index in [0.29, 0.717) is 5.02 Å². The molecule has 0 aliphatic rings. The molecule has 0 fully saturated rings. The number of halogens is 1. The van der Waals surface area contributed by atoms with Gasteiger partial charge in [-0.15, -0.1) is 0 Å². The highest BCUT2D eigenvalue weighted by Gasteiger charge is 2.15. The molecule has 0 spiro atoms. The second kappa shape index (κ2) is 3.90. The van der Waals surface area contributed by atoms with E-state index in [0.717, 1.165) is 5.56 Å². The number of hydrogen-bond acceptors (Lipinski definition) is 4. The maximum absolute atomic E-state index is 10.7. The van der Waals surface area contributed by atoms with Crippen LogP contribution in [0.3, 0.4) is 0 Å². The van der Waals surface area contributed by atoms with Crippen molar-refractivity contribution >= 4 is 11.6 Å². The summed E-state index contributed by atoms with van der Waals surface area (Å²) in [5.74, 6) is -0.651. The largest absolute Gasteiger partial charge is 0.542 e. The van der Waals surface area contributed by atoms with E-state index in [2.05, 4.69) is 9.68 Å². The Balaban J connectivity index is 2.31. The van der Waals surface area contributed by atoms with Gasteiger partial charge in [-0.3, -0.25) is 4.52 Å². The lowest BCUT2D eigenvalue weighted by molar-refractivity contribution is 0.334. The molecule has 0 aliphatic heterocycles. The van der Waals surface area contributed by atoms with Gasteiger partial charge in [0.15, 0.2) is 0 Å². The van der Waals surface area contributed by atoms with Crippen molar-refractivity contribution in [3.63, 3.8) is 0 Å². The lowest BCUT2D eigenvalue weighted by Gasteiger charge is -2.05. The Morgan fingerprint density at radius 3 is 2.53 bits per heavy atom. The fraction of sp³-hybridized carbons (Fsp3) is 0.200. The zero-order valence-electron chi connectivity index (χ0n) is 7.94. The molecular weight excluding hydrogens is 218 g/mol. The fourth-order valence-corrected chi connectivity index (χ4v) is 1.39. The van der Waals surface area contributed by atoms with Crippen molar-refractivity contribution in [1.29, 1.82) is 0 Å². The van der Waals surface area contributed by atoms with Crippen LogP contribution in [0, 0.1) is 0 Å². The molecule has 1 atom stereocenters. The van der Waals surface area contributed by atoms with Crippen LogP contribution in [0.25, 0.3) is 0 Å². The van der Waals surface area contributed by atoms with E-state index >= 15 is 0 Å². The van der Waals surface area contributed by atoms with Gasteiger partial charge in [-0.05, 0) is 29.8 Å². The SMILES string of the molecule is CC(c1ccc(Cl)cc1)c1noc(=O)o1. The zero-order valence-corrected chi connectivity index (χ0v) is 8.69. The van der Waals surface area contributed by atoms with Gasteiger partial charge in [0.1, 0.15) is 0 Å². The van der Waals surface area contributed by atoms with Crippen LogP contribution in [0.1, 0.15) is 24.3 Å². The van der Waals surface area contributed by atoms with Gasteiger partial charge in [0.25, 0.3) is 0 Å². The summed E-state index contributed by atoms with van der Waals surface area (Å²) < 4.78 is 9.10. The highest BCUT2D eigenvalue weighted by molar-refractivity contribution is 6.30. The first-order valence-electron chi connectivity index (χ1n) is 4.39. The molecule has 2 aromatic rings. The average molecular weight is 226 g/mol. The van der Waals surface area contributed by atoms with Crippen molar-refractivity contribution in [2.45, 2.75) is 12.8 Å². The molecular formula is C10H8ClNO3. The van der Waals surface area contributed by atoms with E-state index in [4.69, 9.17) is 16.0 Å². The van der Waals surface area contributed by atoms with Crippen LogP contribution in [-0.2, 0) is 0 Å². The maximum atomic E-state index is 10.7. The Bertz CT molecular complexity index is 500. The molecule has 15 heavy (non-hydrogen) atoms. The summed E-state index contributed by atoms with van der Waals surface area (Å²) in [4.78, 5) is 10.7. The summed E-state index contributed by atoms with van der Waals surface area (Å²) >= 11 is 5.76. The highest BCUT2D eigenvalue weighted by Crippen LogP contribution is 2.22. The highest BCUT2D eigenvalue weighted by atomic mass is 35.5. The molecule has 0 saturated heterocycles. The third-order valence-corrected chi connectivity index (χ3v) is 2.39. The van der Waals surface area contributed by atoms with Gasteiger partial charge in [0.05, 0.1) is 5.92 Å². The molecule has 2 rings (SSSR count). The van der Waals surface area contributed by atoms with Crippen molar-refractivity contribution in [2.24, 2.45) is 0 Å². The first-order valence-corrected chi connectivity index (χ1v) is 4.77. The quantitative estimate of drug-likeness (QED) is 0.788. The summed E-state index contributed by atoms with van der Waals surface area (Å²) in [6, 6.07) is 7.24. The fourth-order valence-electron chi connectivity index (χ4n) is 1.27. The molecule has 1 heterocycles. The normalized spacial score (nSPS) is 12.7. The van der Waals surface area contributed by atoms with Crippen molar-refractivity contribution in [1.82, 2.24) is 5.16 Å². The third kappa shape index (κ3) is 2.10. The first-order chi connectivity index (χ1) is 7.16. The van der Waals surface area contributed by atoms with Crippen LogP contribution in [0.15, 0.2) is 38.0 Å². The summed E-state index contributed by atoms with van der Waals surface area (Å²) in [5, 5.41) is 4.19. The molecule has 1 aromatic heterocycles. The predicted octanol–water partition coefficient (Wildman–Crippen LogP) is 2.43. The molecule has 0 N–H and O–H groups in total. The zero-order chi connectivity index (χ0) is 10.8. The van der Waals surface area contributed by atoms with E-state index in [-0.39, 0.29) is 11.8 Å². The van der Waals surface area contributed by atoms with Gasteiger partial charge in [-0.1, -0.05) is 23.7 Å². The number of hydrogen-bond donors (Lipinski definition) is 0. The van der Waals surface area contributed by atoms with Crippen molar-refractivity contribution in [3.05, 3.63) is 51.4 Å². The molecule has 0 saturated carbocycles. The molecule has 78 valence electrons. The summed E-state index contributed by atoms with van der Waals surface area (Å²) in [6.45, 7) is 1.87. The second-order valence-corrected chi connectivity index (χ2v) is 3.58. The first kappa shape index (κ1) is 9.98. The number of nitrogens with zero attached hydrogens (tertiary/aromatic N) is 1. The molecule has 1 unspecified atom stereocenters. The minimum Gasteiger partial charge on any atom is -0.374 e. The van der Waals surface area contributed by atoms with Crippen molar-refractivity contribution in [3.8, 4) is 0 Å². The van der Waals surface area contributed by atoms with E-state index in [9.17, 15) is 4.79 Å². The van der Waals surface area contributed by atoms with E-state index in [1.807, 2.05) is 19.1 Å². The molecule has 0 amide bonds. The van der Waals surface area contributed by atoms with Crippen LogP contribution >= 0.6 is 11.6 Å². The molecule has 5 heteroatoms. The summed E-state index contributed by atoms with van der Waals surface area (Å²) in [7, 11) is 0. The van der Waals surface area contributed by atoms with E-state index in [1.165, 1.54) is 0 Å². The Labute approximate surface area is 90.5 Å². The number of aromatic nitrogens is 1. The monoisotopic (exact) mass is 225 g/mol. The lowest BCUT2D eigenvalue weighted by Crippen LogP contribution is -1.96. The number of rotatable bonds is 2. The summed E-state index contributed by atoms with van der Waals surface area (Å²) in [6.07, 6.45) is 0. The topological polar surface area (TPSA) is 56.2 Å². The standard InChI is InChI=1S/C10H8ClNO3/c1-6(9-12-15-10(13)14-9)7-2-4-8(11)5-3-7/h2-6H,1H3. The van der Waals surface area contributed by atoms with E-state index in [1.54, 1.807) is 12.1 Å². The van der Waals surface area contributed by atoms with E-state index < -0.39 is 5.82 Å². The van der Waals surface area contributed by atoms with Gasteiger partial charge < -0.3 is 4.42 Å². The van der Waals surface area contributed by atoms with Gasteiger partial charge >= 0.3 is 5.82 Å². The Morgan fingerprint density at radius 2 is 2.00 bits per heavy atom. The predicted molar refractivity (Wildman–Crippen MR) is 54.0 cm³/mol.